The van der Waals surface area contributed by atoms with E-state index in [1.54, 1.807) is 0 Å². The molecule has 5 nitrogen and oxygen atoms in total. The van der Waals surface area contributed by atoms with Gasteiger partial charge in [0.2, 0.25) is 0 Å². The fraction of sp³-hybridized carbons (Fsp3) is 0.167. The first kappa shape index (κ1) is 11.2. The van der Waals surface area contributed by atoms with Crippen LogP contribution in [0, 0.1) is 11.3 Å². The van der Waals surface area contributed by atoms with Crippen LogP contribution in [0.1, 0.15) is 0 Å². The number of H-pyrrole nitrogens is 1. The molecule has 17 heavy (non-hydrogen) atoms. The van der Waals surface area contributed by atoms with Gasteiger partial charge in [-0.1, -0.05) is 12.7 Å². The zero-order valence-corrected chi connectivity index (χ0v) is 9.30. The maximum Gasteiger partial charge on any atom is 0.154 e. The summed E-state index contributed by atoms with van der Waals surface area (Å²) < 4.78 is 0. The predicted molar refractivity (Wildman–Crippen MR) is 66.9 cm³/mol. The SMILES string of the molecule is C=C/N=C(/C#N)C(N)N1C=c2[nH]ccc2=CC1. The maximum atomic E-state index is 8.95. The molecular weight excluding hydrogens is 214 g/mol. The molecule has 5 heteroatoms. The van der Waals surface area contributed by atoms with Crippen LogP contribution in [0.2, 0.25) is 0 Å². The summed E-state index contributed by atoms with van der Waals surface area (Å²) in [5.74, 6) is 0. The first-order valence-electron chi connectivity index (χ1n) is 5.21. The first-order chi connectivity index (χ1) is 8.26. The monoisotopic (exact) mass is 227 g/mol. The number of nitrogens with zero attached hydrogens (tertiary/aromatic N) is 3. The second-order valence-corrected chi connectivity index (χ2v) is 3.63. The third-order valence-corrected chi connectivity index (χ3v) is 2.61. The van der Waals surface area contributed by atoms with Crippen LogP contribution < -0.4 is 16.3 Å². The van der Waals surface area contributed by atoms with Gasteiger partial charge in [0.25, 0.3) is 0 Å². The summed E-state index contributed by atoms with van der Waals surface area (Å²) in [5, 5.41) is 11.1. The molecule has 2 rings (SSSR count). The first-order valence-corrected chi connectivity index (χ1v) is 5.21. The molecule has 0 saturated carbocycles. The summed E-state index contributed by atoms with van der Waals surface area (Å²) in [6, 6.07) is 3.98. The van der Waals surface area contributed by atoms with Gasteiger partial charge in [0.15, 0.2) is 5.71 Å². The molecular formula is C12H13N5. The minimum absolute atomic E-state index is 0.250. The minimum atomic E-state index is -0.550. The Morgan fingerprint density at radius 3 is 3.29 bits per heavy atom. The van der Waals surface area contributed by atoms with E-state index in [1.165, 1.54) is 6.20 Å². The van der Waals surface area contributed by atoms with Crippen molar-refractivity contribution in [3.8, 4) is 6.07 Å². The topological polar surface area (TPSA) is 81.2 Å². The van der Waals surface area contributed by atoms with Crippen LogP contribution in [-0.2, 0) is 0 Å². The van der Waals surface area contributed by atoms with Crippen LogP contribution in [0.15, 0.2) is 30.0 Å². The maximum absolute atomic E-state index is 8.95. The molecule has 0 saturated heterocycles. The van der Waals surface area contributed by atoms with Crippen LogP contribution in [0.5, 0.6) is 0 Å². The zero-order chi connectivity index (χ0) is 12.3. The molecule has 1 aliphatic rings. The van der Waals surface area contributed by atoms with Crippen LogP contribution in [0.3, 0.4) is 0 Å². The molecule has 0 aromatic carbocycles. The Bertz CT molecular complexity index is 602. The summed E-state index contributed by atoms with van der Waals surface area (Å²) in [6.45, 7) is 4.12. The molecule has 1 atom stereocenters. The third-order valence-electron chi connectivity index (χ3n) is 2.61. The van der Waals surface area contributed by atoms with Crippen molar-refractivity contribution in [2.75, 3.05) is 6.54 Å². The Labute approximate surface area is 98.9 Å². The Morgan fingerprint density at radius 1 is 1.76 bits per heavy atom. The molecule has 1 aromatic rings. The van der Waals surface area contributed by atoms with Gasteiger partial charge in [-0.2, -0.15) is 5.26 Å². The molecule has 0 radical (unpaired) electrons. The Hall–Kier alpha value is -2.32. The van der Waals surface area contributed by atoms with Crippen molar-refractivity contribution >= 4 is 18.0 Å². The number of aliphatic imine (C=N–C) groups is 1. The lowest BCUT2D eigenvalue weighted by Crippen LogP contribution is -2.48. The fourth-order valence-electron chi connectivity index (χ4n) is 1.73. The van der Waals surface area contributed by atoms with Crippen LogP contribution in [0.25, 0.3) is 12.3 Å². The molecule has 2 heterocycles. The highest BCUT2D eigenvalue weighted by Gasteiger charge is 2.17. The van der Waals surface area contributed by atoms with E-state index in [0.717, 1.165) is 10.6 Å². The van der Waals surface area contributed by atoms with Crippen LogP contribution in [0.4, 0.5) is 0 Å². The van der Waals surface area contributed by atoms with Crippen molar-refractivity contribution < 1.29 is 0 Å². The van der Waals surface area contributed by atoms with E-state index in [2.05, 4.69) is 22.6 Å². The summed E-state index contributed by atoms with van der Waals surface area (Å²) in [6.07, 6.45) is 6.59. The fourth-order valence-corrected chi connectivity index (χ4v) is 1.73. The third kappa shape index (κ3) is 2.12. The standard InChI is InChI=1S/C12H13N5/c1-2-15-10(7-13)12(14)17-6-4-9-3-5-16-11(9)8-17/h2-5,8,12,16H,1,6,14H2/b15-10-. The second-order valence-electron chi connectivity index (χ2n) is 3.63. The summed E-state index contributed by atoms with van der Waals surface area (Å²) in [4.78, 5) is 8.83. The Kier molecular flexibility index (Phi) is 3.08. The summed E-state index contributed by atoms with van der Waals surface area (Å²) >= 11 is 0. The Balaban J connectivity index is 2.30. The highest BCUT2D eigenvalue weighted by atomic mass is 15.2. The quantitative estimate of drug-likeness (QED) is 0.666. The van der Waals surface area contributed by atoms with Gasteiger partial charge in [0.05, 0.1) is 5.35 Å². The van der Waals surface area contributed by atoms with Gasteiger partial charge < -0.3 is 15.6 Å². The van der Waals surface area contributed by atoms with Crippen molar-refractivity contribution in [2.45, 2.75) is 6.17 Å². The molecule has 0 fully saturated rings. The molecule has 1 aliphatic heterocycles. The van der Waals surface area contributed by atoms with Gasteiger partial charge in [-0.3, -0.25) is 0 Å². The molecule has 1 aromatic heterocycles. The van der Waals surface area contributed by atoms with Crippen molar-refractivity contribution in [3.63, 3.8) is 0 Å². The number of hydrogen-bond donors (Lipinski definition) is 2. The highest BCUT2D eigenvalue weighted by molar-refractivity contribution is 6.02. The van der Waals surface area contributed by atoms with Gasteiger partial charge in [-0.05, 0) is 11.3 Å². The van der Waals surface area contributed by atoms with E-state index in [1.807, 2.05) is 29.4 Å². The van der Waals surface area contributed by atoms with Crippen molar-refractivity contribution in [1.82, 2.24) is 9.88 Å². The number of nitrogens with two attached hydrogens (primary N) is 1. The van der Waals surface area contributed by atoms with Gasteiger partial charge in [-0.25, -0.2) is 4.99 Å². The lowest BCUT2D eigenvalue weighted by molar-refractivity contribution is 0.418. The molecule has 0 spiro atoms. The molecule has 0 amide bonds. The van der Waals surface area contributed by atoms with Crippen molar-refractivity contribution in [2.24, 2.45) is 10.7 Å². The lowest BCUT2D eigenvalue weighted by atomic mass is 10.2. The van der Waals surface area contributed by atoms with Gasteiger partial charge in [0, 0.05) is 25.1 Å². The number of aromatic nitrogens is 1. The molecule has 3 N–H and O–H groups in total. The smallest absolute Gasteiger partial charge is 0.154 e. The number of fused-ring (bicyclic) bond motifs is 1. The highest BCUT2D eigenvalue weighted by Crippen LogP contribution is 2.00. The van der Waals surface area contributed by atoms with E-state index in [0.29, 0.717) is 6.54 Å². The number of aromatic amines is 1. The largest absolute Gasteiger partial charge is 0.360 e. The van der Waals surface area contributed by atoms with Crippen molar-refractivity contribution in [3.05, 3.63) is 35.6 Å². The number of nitriles is 1. The van der Waals surface area contributed by atoms with Gasteiger partial charge in [0.1, 0.15) is 12.2 Å². The molecule has 86 valence electrons. The minimum Gasteiger partial charge on any atom is -0.360 e. The van der Waals surface area contributed by atoms with Gasteiger partial charge >= 0.3 is 0 Å². The second kappa shape index (κ2) is 4.68. The van der Waals surface area contributed by atoms with E-state index in [9.17, 15) is 0 Å². The lowest BCUT2D eigenvalue weighted by Gasteiger charge is -2.26. The number of rotatable bonds is 3. The van der Waals surface area contributed by atoms with E-state index < -0.39 is 6.17 Å². The predicted octanol–water partition coefficient (Wildman–Crippen LogP) is -0.758. The van der Waals surface area contributed by atoms with Crippen molar-refractivity contribution in [1.29, 1.82) is 5.26 Å². The van der Waals surface area contributed by atoms with E-state index in [-0.39, 0.29) is 5.71 Å². The molecule has 0 aliphatic carbocycles. The van der Waals surface area contributed by atoms with Gasteiger partial charge in [-0.15, -0.1) is 0 Å². The molecule has 1 unspecified atom stereocenters. The Morgan fingerprint density at radius 2 is 2.59 bits per heavy atom. The van der Waals surface area contributed by atoms with Crippen LogP contribution >= 0.6 is 0 Å². The van der Waals surface area contributed by atoms with Crippen LogP contribution in [-0.4, -0.2) is 28.3 Å². The average molecular weight is 227 g/mol. The normalized spacial score (nSPS) is 16.2. The van der Waals surface area contributed by atoms with E-state index >= 15 is 0 Å². The average Bonchev–Trinajstić information content (AvgIpc) is 2.82. The molecule has 0 bridgehead atoms. The summed E-state index contributed by atoms with van der Waals surface area (Å²) in [5.41, 5.74) is 6.22. The number of nitrogens with one attached hydrogen (secondary N) is 1. The number of hydrogen-bond acceptors (Lipinski definition) is 4. The van der Waals surface area contributed by atoms with E-state index in [4.69, 9.17) is 11.0 Å². The zero-order valence-electron chi connectivity index (χ0n) is 9.30. The summed E-state index contributed by atoms with van der Waals surface area (Å²) in [7, 11) is 0.